The second-order valence-corrected chi connectivity index (χ2v) is 11.4. The fourth-order valence-corrected chi connectivity index (χ4v) is 8.14. The number of esters is 1. The van der Waals surface area contributed by atoms with Crippen LogP contribution in [0.25, 0.3) is 0 Å². The Morgan fingerprint density at radius 2 is 1.27 bits per heavy atom. The maximum absolute atomic E-state index is 13.3. The van der Waals surface area contributed by atoms with Gasteiger partial charge in [0.25, 0.3) is 0 Å². The van der Waals surface area contributed by atoms with E-state index in [4.69, 9.17) is 4.74 Å². The molecule has 0 heterocycles. The molecular weight excluding hydrogens is 387 g/mol. The lowest BCUT2D eigenvalue weighted by Gasteiger charge is -2.29. The number of hydrogen-bond acceptors (Lipinski definition) is 2. The van der Waals surface area contributed by atoms with Gasteiger partial charge in [0, 0.05) is 5.80 Å². The van der Waals surface area contributed by atoms with Gasteiger partial charge < -0.3 is 4.74 Å². The molecule has 1 saturated carbocycles. The fourth-order valence-electron chi connectivity index (χ4n) is 4.50. The minimum Gasteiger partial charge on any atom is -0.459 e. The highest BCUT2D eigenvalue weighted by Crippen LogP contribution is 2.43. The average molecular weight is 417 g/mol. The molecule has 2 atom stereocenters. The van der Waals surface area contributed by atoms with Crippen LogP contribution in [0, 0.1) is 5.92 Å². The van der Waals surface area contributed by atoms with Gasteiger partial charge in [-0.05, 0) is 48.0 Å². The van der Waals surface area contributed by atoms with E-state index in [9.17, 15) is 4.79 Å². The maximum atomic E-state index is 13.3. The molecule has 3 aromatic rings. The van der Waals surface area contributed by atoms with E-state index in [2.05, 4.69) is 79.7 Å². The van der Waals surface area contributed by atoms with Gasteiger partial charge in [0.1, 0.15) is 6.10 Å². The number of carbonyl (C=O) groups excluding carboxylic acids is 1. The quantitative estimate of drug-likeness (QED) is 0.437. The van der Waals surface area contributed by atoms with Gasteiger partial charge in [-0.3, -0.25) is 0 Å². The second kappa shape index (κ2) is 9.49. The summed E-state index contributed by atoms with van der Waals surface area (Å²) >= 11 is 0. The summed E-state index contributed by atoms with van der Waals surface area (Å²) in [5.74, 6) is 2.32. The zero-order valence-corrected chi connectivity index (χ0v) is 18.4. The lowest BCUT2D eigenvalue weighted by molar-refractivity contribution is -0.141. The first-order chi connectivity index (χ1) is 14.7. The van der Waals surface area contributed by atoms with Crippen molar-refractivity contribution in [1.82, 2.24) is 0 Å². The minimum atomic E-state index is -2.29. The molecule has 4 rings (SSSR count). The highest BCUT2D eigenvalue weighted by molar-refractivity contribution is 7.95. The summed E-state index contributed by atoms with van der Waals surface area (Å²) in [4.78, 5) is 13.3. The first-order valence-corrected chi connectivity index (χ1v) is 12.7. The highest BCUT2D eigenvalue weighted by Gasteiger charge is 2.28. The van der Waals surface area contributed by atoms with Crippen molar-refractivity contribution in [2.24, 2.45) is 5.92 Å². The van der Waals surface area contributed by atoms with E-state index in [1.165, 1.54) is 6.42 Å². The van der Waals surface area contributed by atoms with Gasteiger partial charge in [0.15, 0.2) is 0 Å². The molecule has 0 N–H and O–H groups in total. The molecule has 0 radical (unpaired) electrons. The van der Waals surface area contributed by atoms with Crippen LogP contribution in [0.5, 0.6) is 0 Å². The van der Waals surface area contributed by atoms with Crippen molar-refractivity contribution in [2.45, 2.75) is 38.7 Å². The SMILES string of the molecule is CC1CCCC(OC(=O)C=P(c2ccccc2)(c2ccccc2)c2ccccc2)C1. The lowest BCUT2D eigenvalue weighted by atomic mass is 9.89. The Morgan fingerprint density at radius 3 is 1.70 bits per heavy atom. The Kier molecular flexibility index (Phi) is 6.55. The molecule has 0 bridgehead atoms. The van der Waals surface area contributed by atoms with Crippen molar-refractivity contribution < 1.29 is 9.53 Å². The van der Waals surface area contributed by atoms with Crippen molar-refractivity contribution in [2.75, 3.05) is 0 Å². The van der Waals surface area contributed by atoms with Crippen molar-refractivity contribution in [1.29, 1.82) is 0 Å². The van der Waals surface area contributed by atoms with E-state index in [1.807, 2.05) is 24.0 Å². The summed E-state index contributed by atoms with van der Waals surface area (Å²) in [6.07, 6.45) is 4.33. The van der Waals surface area contributed by atoms with E-state index in [0.717, 1.165) is 35.2 Å². The third kappa shape index (κ3) is 4.45. The molecule has 0 amide bonds. The maximum Gasteiger partial charge on any atom is 0.332 e. The van der Waals surface area contributed by atoms with Gasteiger partial charge in [-0.1, -0.05) is 104 Å². The van der Waals surface area contributed by atoms with E-state index in [0.29, 0.717) is 5.92 Å². The van der Waals surface area contributed by atoms with Crippen LogP contribution in [-0.4, -0.2) is 17.9 Å². The average Bonchev–Trinajstić information content (AvgIpc) is 2.79. The first-order valence-electron chi connectivity index (χ1n) is 10.8. The summed E-state index contributed by atoms with van der Waals surface area (Å²) < 4.78 is 6.02. The van der Waals surface area contributed by atoms with Crippen molar-refractivity contribution in [3.63, 3.8) is 0 Å². The lowest BCUT2D eigenvalue weighted by Crippen LogP contribution is -2.31. The summed E-state index contributed by atoms with van der Waals surface area (Å²) in [6.45, 7) is -0.0429. The summed E-state index contributed by atoms with van der Waals surface area (Å²) in [5.41, 5.74) is 0. The number of rotatable bonds is 5. The number of carbonyl (C=O) groups is 1. The molecule has 154 valence electrons. The van der Waals surface area contributed by atoms with Crippen LogP contribution < -0.4 is 15.9 Å². The van der Waals surface area contributed by atoms with Crippen molar-refractivity contribution in [3.05, 3.63) is 91.0 Å². The van der Waals surface area contributed by atoms with E-state index < -0.39 is 6.89 Å². The molecule has 0 saturated heterocycles. The molecule has 30 heavy (non-hydrogen) atoms. The van der Waals surface area contributed by atoms with Gasteiger partial charge in [-0.2, -0.15) is 0 Å². The largest absolute Gasteiger partial charge is 0.459 e. The van der Waals surface area contributed by atoms with Crippen molar-refractivity contribution >= 4 is 34.6 Å². The van der Waals surface area contributed by atoms with Gasteiger partial charge in [0.05, 0.1) is 0 Å². The Morgan fingerprint density at radius 1 is 0.800 bits per heavy atom. The summed E-state index contributed by atoms with van der Waals surface area (Å²) in [6, 6.07) is 31.2. The van der Waals surface area contributed by atoms with Crippen LogP contribution in [0.3, 0.4) is 0 Å². The predicted molar refractivity (Wildman–Crippen MR) is 129 cm³/mol. The van der Waals surface area contributed by atoms with Crippen LogP contribution in [0.2, 0.25) is 0 Å². The molecule has 0 aromatic heterocycles. The van der Waals surface area contributed by atoms with E-state index in [-0.39, 0.29) is 12.1 Å². The molecule has 1 fully saturated rings. The van der Waals surface area contributed by atoms with Gasteiger partial charge in [-0.15, -0.1) is 0 Å². The molecule has 0 spiro atoms. The minimum absolute atomic E-state index is 0.0294. The number of ether oxygens (including phenoxy) is 1. The topological polar surface area (TPSA) is 26.3 Å². The molecule has 1 aliphatic rings. The Hall–Kier alpha value is -2.57. The molecule has 1 aliphatic carbocycles. The Labute approximate surface area is 179 Å². The highest BCUT2D eigenvalue weighted by atomic mass is 31.2. The molecular formula is C27H29O2P. The zero-order chi connectivity index (χ0) is 20.8. The monoisotopic (exact) mass is 416 g/mol. The van der Waals surface area contributed by atoms with Gasteiger partial charge in [0.2, 0.25) is 0 Å². The number of benzene rings is 3. The van der Waals surface area contributed by atoms with Crippen LogP contribution in [0.4, 0.5) is 0 Å². The summed E-state index contributed by atoms with van der Waals surface area (Å²) in [5, 5.41) is 3.49. The molecule has 2 nitrogen and oxygen atoms in total. The van der Waals surface area contributed by atoms with Crippen molar-refractivity contribution in [3.8, 4) is 0 Å². The third-order valence-electron chi connectivity index (χ3n) is 5.96. The van der Waals surface area contributed by atoms with Crippen LogP contribution in [0.1, 0.15) is 32.6 Å². The smallest absolute Gasteiger partial charge is 0.332 e. The molecule has 3 heteroatoms. The number of hydrogen-bond donors (Lipinski definition) is 0. The van der Waals surface area contributed by atoms with Gasteiger partial charge in [-0.25, -0.2) is 4.79 Å². The predicted octanol–water partition coefficient (Wildman–Crippen LogP) is 4.90. The first kappa shape index (κ1) is 20.7. The Bertz CT molecular complexity index is 909. The second-order valence-electron chi connectivity index (χ2n) is 8.19. The van der Waals surface area contributed by atoms with Crippen LogP contribution in [-0.2, 0) is 9.53 Å². The fraction of sp³-hybridized carbons (Fsp3) is 0.259. The normalized spacial score (nSPS) is 19.1. The van der Waals surface area contributed by atoms with Crippen LogP contribution >= 0.6 is 6.89 Å². The Balaban J connectivity index is 1.86. The van der Waals surface area contributed by atoms with Crippen LogP contribution in [0.15, 0.2) is 91.0 Å². The van der Waals surface area contributed by atoms with E-state index >= 15 is 0 Å². The molecule has 0 aliphatic heterocycles. The van der Waals surface area contributed by atoms with E-state index in [1.54, 1.807) is 0 Å². The van der Waals surface area contributed by atoms with Gasteiger partial charge >= 0.3 is 5.97 Å². The zero-order valence-electron chi connectivity index (χ0n) is 17.5. The molecule has 3 aromatic carbocycles. The molecule has 2 unspecified atom stereocenters. The standard InChI is InChI=1S/C27H29O2P/c1-22-12-11-13-23(20-22)29-27(28)21-30(24-14-5-2-6-15-24,25-16-7-3-8-17-25)26-18-9-4-10-19-26/h2-10,14-19,21-23H,11-13,20H2,1H3. The summed E-state index contributed by atoms with van der Waals surface area (Å²) in [7, 11) is 0. The third-order valence-corrected chi connectivity index (χ3v) is 9.90.